The Morgan fingerprint density at radius 2 is 1.69 bits per heavy atom. The van der Waals surface area contributed by atoms with E-state index in [0.717, 1.165) is 4.57 Å². The Morgan fingerprint density at radius 1 is 1.08 bits per heavy atom. The molecule has 190 valence electrons. The quantitative estimate of drug-likeness (QED) is 0.334. The van der Waals surface area contributed by atoms with Crippen LogP contribution in [0.3, 0.4) is 0 Å². The van der Waals surface area contributed by atoms with Crippen LogP contribution in [0.25, 0.3) is 0 Å². The van der Waals surface area contributed by atoms with Crippen molar-refractivity contribution < 1.29 is 33.4 Å². The minimum atomic E-state index is -2.49. The monoisotopic (exact) mass is 535 g/mol. The van der Waals surface area contributed by atoms with Crippen LogP contribution in [0.5, 0.6) is 0 Å². The smallest absolute Gasteiger partial charge is 0.350 e. The molecule has 1 aromatic heterocycles. The van der Waals surface area contributed by atoms with Gasteiger partial charge in [-0.25, -0.2) is 14.0 Å². The van der Waals surface area contributed by atoms with E-state index in [9.17, 15) is 18.8 Å². The first-order valence-electron chi connectivity index (χ1n) is 10.6. The van der Waals surface area contributed by atoms with Crippen molar-refractivity contribution >= 4 is 38.1 Å². The van der Waals surface area contributed by atoms with Gasteiger partial charge in [0.2, 0.25) is 0 Å². The lowest BCUT2D eigenvalue weighted by molar-refractivity contribution is 0.0696. The van der Waals surface area contributed by atoms with Crippen LogP contribution in [-0.4, -0.2) is 54.3 Å². The Balaban J connectivity index is 0.000000338. The van der Waals surface area contributed by atoms with Crippen molar-refractivity contribution in [1.29, 1.82) is 0 Å². The molecule has 3 aromatic rings. The molecule has 0 bridgehead atoms. The highest BCUT2D eigenvalue weighted by Gasteiger charge is 2.37. The SMILES string of the molecule is O=C(Nc1ccn(C2SC(COP(O)O)CC2F)c(=O)n1)c1ccccc1.O=C(O)c1ccccc1. The topological polar surface area (TPSA) is 151 Å². The van der Waals surface area contributed by atoms with E-state index >= 15 is 0 Å². The third kappa shape index (κ3) is 7.94. The molecule has 4 rings (SSSR count). The van der Waals surface area contributed by atoms with Crippen molar-refractivity contribution in [3.8, 4) is 0 Å². The molecule has 1 fully saturated rings. The second-order valence-electron chi connectivity index (χ2n) is 7.44. The Hall–Kier alpha value is -3.15. The lowest BCUT2D eigenvalue weighted by Gasteiger charge is -2.16. The molecule has 3 unspecified atom stereocenters. The van der Waals surface area contributed by atoms with Gasteiger partial charge in [0.25, 0.3) is 5.91 Å². The van der Waals surface area contributed by atoms with Gasteiger partial charge in [0.1, 0.15) is 17.4 Å². The number of alkyl halides is 1. The number of anilines is 1. The van der Waals surface area contributed by atoms with E-state index in [1.165, 1.54) is 24.0 Å². The lowest BCUT2D eigenvalue weighted by Crippen LogP contribution is -2.29. The minimum Gasteiger partial charge on any atom is -0.478 e. The van der Waals surface area contributed by atoms with Gasteiger partial charge in [0.05, 0.1) is 12.2 Å². The average Bonchev–Trinajstić information content (AvgIpc) is 3.24. The number of benzene rings is 2. The molecule has 2 aromatic carbocycles. The first-order valence-corrected chi connectivity index (χ1v) is 12.7. The second kappa shape index (κ2) is 13.2. The van der Waals surface area contributed by atoms with Crippen LogP contribution < -0.4 is 11.0 Å². The highest BCUT2D eigenvalue weighted by molar-refractivity contribution is 8.00. The Bertz CT molecular complexity index is 1220. The number of hydrogen-bond donors (Lipinski definition) is 4. The van der Waals surface area contributed by atoms with E-state index < -0.39 is 37.7 Å². The number of carbonyl (C=O) groups is 2. The van der Waals surface area contributed by atoms with Crippen LogP contribution in [0.1, 0.15) is 32.5 Å². The van der Waals surface area contributed by atoms with Crippen molar-refractivity contribution in [2.24, 2.45) is 0 Å². The van der Waals surface area contributed by atoms with E-state index in [2.05, 4.69) is 10.3 Å². The molecule has 36 heavy (non-hydrogen) atoms. The molecule has 0 spiro atoms. The number of aromatic carboxylic acids is 1. The standard InChI is InChI=1S/C16H17FN3O5PS.C7H6O2/c17-12-8-11(9-25-26(23)24)27-15(12)20-7-6-13(19-16(20)22)18-14(21)10-4-2-1-3-5-10;8-7(9)6-4-2-1-3-5-6/h1-7,11-12,15,23-24H,8-9H2,(H,18,19,21,22);1-5H,(H,8,9). The van der Waals surface area contributed by atoms with Gasteiger partial charge < -0.3 is 24.7 Å². The molecule has 3 atom stereocenters. The van der Waals surface area contributed by atoms with Crippen LogP contribution in [0.4, 0.5) is 10.2 Å². The number of hydrogen-bond acceptors (Lipinski definition) is 8. The summed E-state index contributed by atoms with van der Waals surface area (Å²) in [6, 6.07) is 18.2. The number of aromatic nitrogens is 2. The number of halogens is 1. The molecule has 10 nitrogen and oxygen atoms in total. The van der Waals surface area contributed by atoms with Crippen molar-refractivity contribution in [2.75, 3.05) is 11.9 Å². The minimum absolute atomic E-state index is 0.0202. The predicted octanol–water partition coefficient (Wildman–Crippen LogP) is 3.45. The number of nitrogens with zero attached hydrogens (tertiary/aromatic N) is 2. The molecule has 0 saturated carbocycles. The molecular formula is C23H23FN3O7PS. The Labute approximate surface area is 210 Å². The second-order valence-corrected chi connectivity index (χ2v) is 9.63. The fourth-order valence-electron chi connectivity index (χ4n) is 3.24. The van der Waals surface area contributed by atoms with Crippen LogP contribution in [-0.2, 0) is 4.52 Å². The summed E-state index contributed by atoms with van der Waals surface area (Å²) in [7, 11) is -2.49. The first-order chi connectivity index (χ1) is 17.2. The van der Waals surface area contributed by atoms with Gasteiger partial charge in [-0.2, -0.15) is 4.98 Å². The van der Waals surface area contributed by atoms with Gasteiger partial charge in [0, 0.05) is 17.0 Å². The van der Waals surface area contributed by atoms with Gasteiger partial charge in [-0.05, 0) is 36.8 Å². The zero-order valence-electron chi connectivity index (χ0n) is 18.7. The van der Waals surface area contributed by atoms with E-state index in [1.807, 2.05) is 0 Å². The highest BCUT2D eigenvalue weighted by Crippen LogP contribution is 2.44. The Kier molecular flexibility index (Phi) is 10.1. The van der Waals surface area contributed by atoms with Gasteiger partial charge in [0.15, 0.2) is 0 Å². The fourth-order valence-corrected chi connectivity index (χ4v) is 5.06. The van der Waals surface area contributed by atoms with Crippen LogP contribution >= 0.6 is 20.4 Å². The highest BCUT2D eigenvalue weighted by atomic mass is 32.2. The predicted molar refractivity (Wildman–Crippen MR) is 134 cm³/mol. The Morgan fingerprint density at radius 3 is 2.22 bits per heavy atom. The summed E-state index contributed by atoms with van der Waals surface area (Å²) >= 11 is 1.17. The summed E-state index contributed by atoms with van der Waals surface area (Å²) in [6.45, 7) is -0.0202. The maximum absolute atomic E-state index is 14.3. The molecule has 1 amide bonds. The van der Waals surface area contributed by atoms with E-state index in [1.54, 1.807) is 60.7 Å². The number of thioether (sulfide) groups is 1. The van der Waals surface area contributed by atoms with Crippen molar-refractivity contribution in [1.82, 2.24) is 9.55 Å². The molecule has 2 heterocycles. The van der Waals surface area contributed by atoms with Crippen molar-refractivity contribution in [3.63, 3.8) is 0 Å². The molecule has 0 radical (unpaired) electrons. The maximum atomic E-state index is 14.3. The summed E-state index contributed by atoms with van der Waals surface area (Å²) in [6.07, 6.45) is 0.197. The summed E-state index contributed by atoms with van der Waals surface area (Å²) in [4.78, 5) is 56.0. The van der Waals surface area contributed by atoms with E-state index in [-0.39, 0.29) is 24.1 Å². The first kappa shape index (κ1) is 27.4. The number of nitrogens with one attached hydrogen (secondary N) is 1. The molecule has 4 N–H and O–H groups in total. The molecule has 0 aliphatic carbocycles. The summed E-state index contributed by atoms with van der Waals surface area (Å²) in [5.74, 6) is -1.20. The van der Waals surface area contributed by atoms with Crippen molar-refractivity contribution in [3.05, 3.63) is 94.5 Å². The molecule has 1 aliphatic rings. The van der Waals surface area contributed by atoms with Gasteiger partial charge in [-0.15, -0.1) is 11.8 Å². The third-order valence-corrected chi connectivity index (χ3v) is 6.80. The van der Waals surface area contributed by atoms with E-state index in [4.69, 9.17) is 19.4 Å². The van der Waals surface area contributed by atoms with Crippen LogP contribution in [0.2, 0.25) is 0 Å². The zero-order chi connectivity index (χ0) is 26.1. The maximum Gasteiger partial charge on any atom is 0.350 e. The average molecular weight is 535 g/mol. The summed E-state index contributed by atoms with van der Waals surface area (Å²) < 4.78 is 20.2. The van der Waals surface area contributed by atoms with Gasteiger partial charge in [-0.1, -0.05) is 36.4 Å². The number of carbonyl (C=O) groups excluding carboxylic acids is 1. The number of carboxylic acid groups (broad SMARTS) is 1. The molecular weight excluding hydrogens is 512 g/mol. The van der Waals surface area contributed by atoms with Gasteiger partial charge >= 0.3 is 20.3 Å². The van der Waals surface area contributed by atoms with Crippen molar-refractivity contribution in [2.45, 2.75) is 23.2 Å². The molecule has 1 saturated heterocycles. The summed E-state index contributed by atoms with van der Waals surface area (Å²) in [5, 5.41) is 9.82. The third-order valence-electron chi connectivity index (χ3n) is 4.91. The molecule has 1 aliphatic heterocycles. The van der Waals surface area contributed by atoms with E-state index in [0.29, 0.717) is 11.1 Å². The summed E-state index contributed by atoms with van der Waals surface area (Å²) in [5.41, 5.74) is 0.0702. The number of amides is 1. The normalized spacial score (nSPS) is 18.8. The molecule has 13 heteroatoms. The number of carboxylic acids is 1. The van der Waals surface area contributed by atoms with Crippen LogP contribution in [0, 0.1) is 0 Å². The van der Waals surface area contributed by atoms with Gasteiger partial charge in [-0.3, -0.25) is 9.36 Å². The number of rotatable bonds is 7. The lowest BCUT2D eigenvalue weighted by atomic mass is 10.2. The largest absolute Gasteiger partial charge is 0.478 e. The fraction of sp³-hybridized carbons (Fsp3) is 0.217. The van der Waals surface area contributed by atoms with Crippen LogP contribution in [0.15, 0.2) is 77.7 Å². The zero-order valence-corrected chi connectivity index (χ0v) is 20.4.